The minimum atomic E-state index is -0.115. The molecule has 0 saturated carbocycles. The molecule has 0 aliphatic carbocycles. The van der Waals surface area contributed by atoms with E-state index < -0.39 is 0 Å². The van der Waals surface area contributed by atoms with Gasteiger partial charge in [0.1, 0.15) is 5.75 Å². The van der Waals surface area contributed by atoms with Gasteiger partial charge < -0.3 is 10.1 Å². The molecule has 0 fully saturated rings. The molecule has 3 nitrogen and oxygen atoms in total. The molecular formula is C16H13BrINO2. The molecule has 1 amide bonds. The van der Waals surface area contributed by atoms with Crippen LogP contribution in [0, 0.1) is 10.5 Å². The van der Waals surface area contributed by atoms with Crippen LogP contribution in [0.2, 0.25) is 0 Å². The van der Waals surface area contributed by atoms with E-state index in [4.69, 9.17) is 4.74 Å². The number of rotatable bonds is 2. The molecule has 108 valence electrons. The fraction of sp³-hybridized carbons (Fsp3) is 0.188. The van der Waals surface area contributed by atoms with Crippen molar-refractivity contribution in [3.8, 4) is 5.75 Å². The van der Waals surface area contributed by atoms with E-state index in [0.29, 0.717) is 0 Å². The summed E-state index contributed by atoms with van der Waals surface area (Å²) in [5.74, 6) is 0.605. The molecule has 0 spiro atoms. The molecule has 2 aromatic rings. The Morgan fingerprint density at radius 2 is 2.14 bits per heavy atom. The SMILES string of the molecule is Cc1cccc(C(Br)c2ccc3c(c2)NC(=O)CO3)c1I. The molecule has 3 rings (SSSR count). The number of fused-ring (bicyclic) bond motifs is 1. The van der Waals surface area contributed by atoms with Crippen molar-refractivity contribution >= 4 is 50.1 Å². The second-order valence-electron chi connectivity index (χ2n) is 4.93. The highest BCUT2D eigenvalue weighted by Gasteiger charge is 2.20. The lowest BCUT2D eigenvalue weighted by Gasteiger charge is -2.20. The summed E-state index contributed by atoms with van der Waals surface area (Å²) in [7, 11) is 0. The summed E-state index contributed by atoms with van der Waals surface area (Å²) < 4.78 is 6.64. The Balaban J connectivity index is 1.98. The maximum absolute atomic E-state index is 11.4. The monoisotopic (exact) mass is 457 g/mol. The lowest BCUT2D eigenvalue weighted by Crippen LogP contribution is -2.25. The largest absolute Gasteiger partial charge is 0.482 e. The van der Waals surface area contributed by atoms with E-state index in [-0.39, 0.29) is 17.3 Å². The highest BCUT2D eigenvalue weighted by Crippen LogP contribution is 2.38. The Labute approximate surface area is 145 Å². The summed E-state index contributed by atoms with van der Waals surface area (Å²) in [6, 6.07) is 12.2. The van der Waals surface area contributed by atoms with Crippen molar-refractivity contribution in [2.24, 2.45) is 0 Å². The van der Waals surface area contributed by atoms with Crippen molar-refractivity contribution in [3.63, 3.8) is 0 Å². The van der Waals surface area contributed by atoms with Crippen LogP contribution >= 0.6 is 38.5 Å². The van der Waals surface area contributed by atoms with Gasteiger partial charge in [0.05, 0.1) is 10.5 Å². The van der Waals surface area contributed by atoms with E-state index in [9.17, 15) is 4.79 Å². The van der Waals surface area contributed by atoms with E-state index in [2.05, 4.69) is 69.0 Å². The van der Waals surface area contributed by atoms with E-state index in [1.54, 1.807) is 0 Å². The summed E-state index contributed by atoms with van der Waals surface area (Å²) in [5.41, 5.74) is 4.30. The van der Waals surface area contributed by atoms with Crippen molar-refractivity contribution in [3.05, 3.63) is 56.7 Å². The number of nitrogens with one attached hydrogen (secondary N) is 1. The van der Waals surface area contributed by atoms with Gasteiger partial charge in [-0.1, -0.05) is 40.2 Å². The average molecular weight is 458 g/mol. The van der Waals surface area contributed by atoms with Crippen LogP contribution in [-0.2, 0) is 4.79 Å². The Kier molecular flexibility index (Phi) is 4.21. The lowest BCUT2D eigenvalue weighted by molar-refractivity contribution is -0.118. The number of carbonyl (C=O) groups is 1. The van der Waals surface area contributed by atoms with Gasteiger partial charge >= 0.3 is 0 Å². The number of aryl methyl sites for hydroxylation is 1. The standard InChI is InChI=1S/C16H13BrINO2/c1-9-3-2-4-11(16(9)18)15(17)10-5-6-13-12(7-10)19-14(20)8-21-13/h2-7,15H,8H2,1H3,(H,19,20). The molecule has 2 aromatic carbocycles. The third-order valence-corrected chi connectivity index (χ3v) is 5.92. The molecule has 0 saturated heterocycles. The van der Waals surface area contributed by atoms with Gasteiger partial charge in [0.2, 0.25) is 0 Å². The quantitative estimate of drug-likeness (QED) is 0.535. The number of halogens is 2. The van der Waals surface area contributed by atoms with Crippen molar-refractivity contribution in [1.82, 2.24) is 0 Å². The smallest absolute Gasteiger partial charge is 0.262 e. The van der Waals surface area contributed by atoms with Gasteiger partial charge in [0.15, 0.2) is 6.61 Å². The average Bonchev–Trinajstić information content (AvgIpc) is 2.48. The Hall–Kier alpha value is -1.08. The van der Waals surface area contributed by atoms with Crippen LogP contribution in [0.25, 0.3) is 0 Å². The van der Waals surface area contributed by atoms with Crippen LogP contribution in [-0.4, -0.2) is 12.5 Å². The second-order valence-corrected chi connectivity index (χ2v) is 6.93. The molecular weight excluding hydrogens is 445 g/mol. The number of alkyl halides is 1. The highest BCUT2D eigenvalue weighted by atomic mass is 127. The summed E-state index contributed by atoms with van der Waals surface area (Å²) in [5, 5.41) is 2.85. The van der Waals surface area contributed by atoms with E-state index in [0.717, 1.165) is 17.0 Å². The van der Waals surface area contributed by atoms with Crippen molar-refractivity contribution < 1.29 is 9.53 Å². The topological polar surface area (TPSA) is 38.3 Å². The van der Waals surface area contributed by atoms with Gasteiger partial charge in [-0.2, -0.15) is 0 Å². The predicted octanol–water partition coefficient (Wildman–Crippen LogP) is 4.41. The van der Waals surface area contributed by atoms with Crippen LogP contribution in [0.1, 0.15) is 21.5 Å². The van der Waals surface area contributed by atoms with Crippen LogP contribution < -0.4 is 10.1 Å². The zero-order valence-electron chi connectivity index (χ0n) is 11.3. The maximum atomic E-state index is 11.4. The molecule has 5 heteroatoms. The number of amides is 1. The molecule has 1 N–H and O–H groups in total. The fourth-order valence-corrected chi connectivity index (χ4v) is 4.07. The molecule has 0 bridgehead atoms. The van der Waals surface area contributed by atoms with Crippen molar-refractivity contribution in [2.45, 2.75) is 11.8 Å². The first-order valence-corrected chi connectivity index (χ1v) is 8.51. The molecule has 0 aromatic heterocycles. The third-order valence-electron chi connectivity index (χ3n) is 3.42. The van der Waals surface area contributed by atoms with E-state index in [1.807, 2.05) is 18.2 Å². The number of carbonyl (C=O) groups excluding carboxylic acids is 1. The first-order valence-electron chi connectivity index (χ1n) is 6.52. The van der Waals surface area contributed by atoms with Gasteiger partial charge in [-0.25, -0.2) is 0 Å². The summed E-state index contributed by atoms with van der Waals surface area (Å²) in [6.45, 7) is 2.19. The normalized spacial score (nSPS) is 14.9. The van der Waals surface area contributed by atoms with Gasteiger partial charge in [0.25, 0.3) is 5.91 Å². The summed E-state index contributed by atoms with van der Waals surface area (Å²) >= 11 is 6.13. The number of hydrogen-bond donors (Lipinski definition) is 1. The summed E-state index contributed by atoms with van der Waals surface area (Å²) in [6.07, 6.45) is 0. The van der Waals surface area contributed by atoms with Crippen molar-refractivity contribution in [2.75, 3.05) is 11.9 Å². The molecule has 21 heavy (non-hydrogen) atoms. The van der Waals surface area contributed by atoms with Crippen LogP contribution in [0.3, 0.4) is 0 Å². The second kappa shape index (κ2) is 5.96. The third kappa shape index (κ3) is 2.94. The number of ether oxygens (including phenoxy) is 1. The molecule has 1 aliphatic heterocycles. The van der Waals surface area contributed by atoms with Crippen molar-refractivity contribution in [1.29, 1.82) is 0 Å². The number of benzene rings is 2. The predicted molar refractivity (Wildman–Crippen MR) is 95.2 cm³/mol. The van der Waals surface area contributed by atoms with Gasteiger partial charge in [-0.15, -0.1) is 0 Å². The molecule has 1 aliphatic rings. The zero-order valence-corrected chi connectivity index (χ0v) is 15.1. The Morgan fingerprint density at radius 1 is 1.33 bits per heavy atom. The van der Waals surface area contributed by atoms with Crippen LogP contribution in [0.15, 0.2) is 36.4 Å². The lowest BCUT2D eigenvalue weighted by atomic mass is 10.0. The maximum Gasteiger partial charge on any atom is 0.262 e. The number of hydrogen-bond acceptors (Lipinski definition) is 2. The number of anilines is 1. The molecule has 1 atom stereocenters. The fourth-order valence-electron chi connectivity index (χ4n) is 2.30. The first kappa shape index (κ1) is 14.8. The first-order chi connectivity index (χ1) is 10.1. The van der Waals surface area contributed by atoms with Gasteiger partial charge in [-0.05, 0) is 58.3 Å². The van der Waals surface area contributed by atoms with E-state index >= 15 is 0 Å². The van der Waals surface area contributed by atoms with Crippen LogP contribution in [0.4, 0.5) is 5.69 Å². The Bertz CT molecular complexity index is 717. The molecule has 0 radical (unpaired) electrons. The zero-order chi connectivity index (χ0) is 15.0. The van der Waals surface area contributed by atoms with Gasteiger partial charge in [0, 0.05) is 3.57 Å². The minimum Gasteiger partial charge on any atom is -0.482 e. The molecule has 1 heterocycles. The van der Waals surface area contributed by atoms with E-state index in [1.165, 1.54) is 14.7 Å². The van der Waals surface area contributed by atoms with Crippen LogP contribution in [0.5, 0.6) is 5.75 Å². The minimum absolute atomic E-state index is 0.0772. The highest BCUT2D eigenvalue weighted by molar-refractivity contribution is 14.1. The van der Waals surface area contributed by atoms with Gasteiger partial charge in [-0.3, -0.25) is 4.79 Å². The summed E-state index contributed by atoms with van der Waals surface area (Å²) in [4.78, 5) is 11.5. The Morgan fingerprint density at radius 3 is 2.95 bits per heavy atom. The molecule has 1 unspecified atom stereocenters.